The van der Waals surface area contributed by atoms with Crippen molar-refractivity contribution in [2.24, 2.45) is 0 Å². The van der Waals surface area contributed by atoms with Crippen LogP contribution in [0.15, 0.2) is 0 Å². The molecule has 1 aliphatic rings. The third-order valence-corrected chi connectivity index (χ3v) is 3.69. The molecule has 0 saturated carbocycles. The molecule has 0 aromatic rings. The highest BCUT2D eigenvalue weighted by molar-refractivity contribution is 5.85. The predicted octanol–water partition coefficient (Wildman–Crippen LogP) is 0.666. The van der Waals surface area contributed by atoms with Crippen LogP contribution in [0.5, 0.6) is 0 Å². The number of nitrogens with one attached hydrogen (secondary N) is 1. The van der Waals surface area contributed by atoms with E-state index in [9.17, 15) is 14.7 Å². The van der Waals surface area contributed by atoms with Crippen molar-refractivity contribution in [2.75, 3.05) is 19.6 Å². The van der Waals surface area contributed by atoms with Crippen LogP contribution >= 0.6 is 0 Å². The first-order valence-corrected chi connectivity index (χ1v) is 6.77. The van der Waals surface area contributed by atoms with Crippen LogP contribution in [-0.2, 0) is 9.59 Å². The Balaban J connectivity index is 2.35. The maximum Gasteiger partial charge on any atom is 0.239 e. The van der Waals surface area contributed by atoms with Crippen LogP contribution in [0, 0.1) is 0 Å². The van der Waals surface area contributed by atoms with Crippen molar-refractivity contribution in [2.45, 2.75) is 51.6 Å². The summed E-state index contributed by atoms with van der Waals surface area (Å²) in [7, 11) is 0. The van der Waals surface area contributed by atoms with Crippen molar-refractivity contribution in [3.05, 3.63) is 0 Å². The number of hydrogen-bond acceptors (Lipinski definition) is 3. The van der Waals surface area contributed by atoms with Gasteiger partial charge in [-0.1, -0.05) is 13.8 Å². The molecule has 0 radical (unpaired) electrons. The van der Waals surface area contributed by atoms with Gasteiger partial charge < -0.3 is 15.3 Å². The summed E-state index contributed by atoms with van der Waals surface area (Å²) in [4.78, 5) is 24.9. The lowest BCUT2D eigenvalue weighted by molar-refractivity contribution is -0.138. The normalized spacial score (nSPS) is 16.8. The summed E-state index contributed by atoms with van der Waals surface area (Å²) in [6.07, 6.45) is 3.63. The Kier molecular flexibility index (Phi) is 5.59. The van der Waals surface area contributed by atoms with Gasteiger partial charge in [0.25, 0.3) is 0 Å². The van der Waals surface area contributed by atoms with Crippen molar-refractivity contribution in [3.63, 3.8) is 0 Å². The second kappa shape index (κ2) is 6.73. The number of carbonyl (C=O) groups is 2. The highest BCUT2D eigenvalue weighted by atomic mass is 16.3. The summed E-state index contributed by atoms with van der Waals surface area (Å²) in [6, 6.07) is 0. The number of hydrogen-bond donors (Lipinski definition) is 2. The number of rotatable bonds is 6. The van der Waals surface area contributed by atoms with Gasteiger partial charge in [-0.25, -0.2) is 0 Å². The minimum atomic E-state index is -0.832. The monoisotopic (exact) mass is 256 g/mol. The minimum absolute atomic E-state index is 0.0534. The summed E-state index contributed by atoms with van der Waals surface area (Å²) < 4.78 is 0. The standard InChI is InChI=1S/C13H24N2O3/c1-3-13(18,4-2)10-14-11(16)9-15-8-6-5-7-12(15)17/h18H,3-10H2,1-2H3,(H,14,16). The Bertz CT molecular complexity index is 301. The summed E-state index contributed by atoms with van der Waals surface area (Å²) in [5.74, 6) is -0.136. The molecule has 2 amide bonds. The second-order valence-electron chi connectivity index (χ2n) is 4.98. The van der Waals surface area contributed by atoms with Crippen LogP contribution in [0.4, 0.5) is 0 Å². The van der Waals surface area contributed by atoms with Gasteiger partial charge in [0, 0.05) is 19.5 Å². The second-order valence-corrected chi connectivity index (χ2v) is 4.98. The third kappa shape index (κ3) is 4.29. The Hall–Kier alpha value is -1.10. The zero-order valence-electron chi connectivity index (χ0n) is 11.4. The van der Waals surface area contributed by atoms with E-state index in [1.54, 1.807) is 4.90 Å². The average molecular weight is 256 g/mol. The van der Waals surface area contributed by atoms with Crippen LogP contribution in [0.25, 0.3) is 0 Å². The van der Waals surface area contributed by atoms with E-state index < -0.39 is 5.60 Å². The highest BCUT2D eigenvalue weighted by Crippen LogP contribution is 2.13. The zero-order valence-corrected chi connectivity index (χ0v) is 11.4. The number of likely N-dealkylation sites (tertiary alicyclic amines) is 1. The first-order valence-electron chi connectivity index (χ1n) is 6.77. The van der Waals surface area contributed by atoms with E-state index in [4.69, 9.17) is 0 Å². The largest absolute Gasteiger partial charge is 0.388 e. The molecule has 18 heavy (non-hydrogen) atoms. The van der Waals surface area contributed by atoms with Crippen molar-refractivity contribution in [1.82, 2.24) is 10.2 Å². The van der Waals surface area contributed by atoms with Gasteiger partial charge in [-0.05, 0) is 25.7 Å². The van der Waals surface area contributed by atoms with Gasteiger partial charge >= 0.3 is 0 Å². The number of piperidine rings is 1. The average Bonchev–Trinajstić information content (AvgIpc) is 2.39. The fourth-order valence-electron chi connectivity index (χ4n) is 2.02. The SMILES string of the molecule is CCC(O)(CC)CNC(=O)CN1CCCCC1=O. The molecule has 1 saturated heterocycles. The molecule has 1 aliphatic heterocycles. The molecule has 1 fully saturated rings. The Morgan fingerprint density at radius 3 is 2.61 bits per heavy atom. The van der Waals surface area contributed by atoms with Crippen molar-refractivity contribution in [1.29, 1.82) is 0 Å². The molecule has 0 bridgehead atoms. The number of carbonyl (C=O) groups excluding carboxylic acids is 2. The van der Waals surface area contributed by atoms with E-state index in [2.05, 4.69) is 5.32 Å². The molecule has 0 spiro atoms. The lowest BCUT2D eigenvalue weighted by Gasteiger charge is -2.28. The van der Waals surface area contributed by atoms with E-state index in [0.717, 1.165) is 12.8 Å². The maximum absolute atomic E-state index is 11.7. The molecule has 2 N–H and O–H groups in total. The molecular formula is C13H24N2O3. The molecule has 1 heterocycles. The minimum Gasteiger partial charge on any atom is -0.388 e. The van der Waals surface area contributed by atoms with Gasteiger partial charge in [0.15, 0.2) is 0 Å². The molecule has 1 rings (SSSR count). The number of aliphatic hydroxyl groups is 1. The fraction of sp³-hybridized carbons (Fsp3) is 0.846. The molecular weight excluding hydrogens is 232 g/mol. The van der Waals surface area contributed by atoms with Gasteiger partial charge in [-0.15, -0.1) is 0 Å². The molecule has 0 unspecified atom stereocenters. The molecule has 0 atom stereocenters. The Labute approximate surface area is 109 Å². The van der Waals surface area contributed by atoms with Crippen LogP contribution in [0.2, 0.25) is 0 Å². The topological polar surface area (TPSA) is 69.6 Å². The molecule has 0 aromatic carbocycles. The fourth-order valence-corrected chi connectivity index (χ4v) is 2.02. The van der Waals surface area contributed by atoms with E-state index in [1.165, 1.54) is 0 Å². The Morgan fingerprint density at radius 2 is 2.06 bits per heavy atom. The molecule has 0 aliphatic carbocycles. The molecule has 5 nitrogen and oxygen atoms in total. The van der Waals surface area contributed by atoms with E-state index in [0.29, 0.717) is 25.8 Å². The summed E-state index contributed by atoms with van der Waals surface area (Å²) >= 11 is 0. The van der Waals surface area contributed by atoms with Crippen molar-refractivity contribution < 1.29 is 14.7 Å². The van der Waals surface area contributed by atoms with Crippen LogP contribution < -0.4 is 5.32 Å². The summed E-state index contributed by atoms with van der Waals surface area (Å²) in [5, 5.41) is 12.8. The third-order valence-electron chi connectivity index (χ3n) is 3.69. The van der Waals surface area contributed by atoms with Gasteiger partial charge in [0.2, 0.25) is 11.8 Å². The predicted molar refractivity (Wildman–Crippen MR) is 69.0 cm³/mol. The molecule has 0 aromatic heterocycles. The van der Waals surface area contributed by atoms with Crippen molar-refractivity contribution >= 4 is 11.8 Å². The summed E-state index contributed by atoms with van der Waals surface area (Å²) in [5.41, 5.74) is -0.832. The first-order chi connectivity index (χ1) is 8.50. The van der Waals surface area contributed by atoms with E-state index in [1.807, 2.05) is 13.8 Å². The lowest BCUT2D eigenvalue weighted by atomic mass is 9.98. The Morgan fingerprint density at radius 1 is 1.39 bits per heavy atom. The van der Waals surface area contributed by atoms with Crippen LogP contribution in [0.3, 0.4) is 0 Å². The zero-order chi connectivity index (χ0) is 13.6. The van der Waals surface area contributed by atoms with Crippen LogP contribution in [0.1, 0.15) is 46.0 Å². The first kappa shape index (κ1) is 15.0. The van der Waals surface area contributed by atoms with Gasteiger partial charge in [0.05, 0.1) is 12.1 Å². The smallest absolute Gasteiger partial charge is 0.239 e. The van der Waals surface area contributed by atoms with Crippen LogP contribution in [-0.4, -0.2) is 47.1 Å². The van der Waals surface area contributed by atoms with E-state index >= 15 is 0 Å². The van der Waals surface area contributed by atoms with E-state index in [-0.39, 0.29) is 24.9 Å². The highest BCUT2D eigenvalue weighted by Gasteiger charge is 2.24. The quantitative estimate of drug-likeness (QED) is 0.733. The molecule has 5 heteroatoms. The lowest BCUT2D eigenvalue weighted by Crippen LogP contribution is -2.47. The number of amides is 2. The maximum atomic E-state index is 11.7. The number of nitrogens with zero attached hydrogens (tertiary/aromatic N) is 1. The van der Waals surface area contributed by atoms with Crippen molar-refractivity contribution in [3.8, 4) is 0 Å². The van der Waals surface area contributed by atoms with Gasteiger partial charge in [0.1, 0.15) is 0 Å². The van der Waals surface area contributed by atoms with Gasteiger partial charge in [-0.2, -0.15) is 0 Å². The molecule has 104 valence electrons. The summed E-state index contributed by atoms with van der Waals surface area (Å²) in [6.45, 7) is 4.81. The van der Waals surface area contributed by atoms with Gasteiger partial charge in [-0.3, -0.25) is 9.59 Å².